The van der Waals surface area contributed by atoms with E-state index in [1.807, 2.05) is 6.07 Å². The third-order valence-corrected chi connectivity index (χ3v) is 3.68. The predicted octanol–water partition coefficient (Wildman–Crippen LogP) is 2.30. The van der Waals surface area contributed by atoms with Gasteiger partial charge in [-0.2, -0.15) is 0 Å². The van der Waals surface area contributed by atoms with Crippen molar-refractivity contribution >= 4 is 23.0 Å². The minimum atomic E-state index is 0.185. The Hall–Kier alpha value is -1.00. The molecule has 0 amide bonds. The molecule has 86 valence electrons. The molecular formula is C12H15NO2S. The zero-order valence-corrected chi connectivity index (χ0v) is 10.0. The number of rotatable bonds is 2. The molecule has 3 nitrogen and oxygen atoms in total. The van der Waals surface area contributed by atoms with E-state index in [9.17, 15) is 4.79 Å². The van der Waals surface area contributed by atoms with Crippen LogP contribution in [-0.2, 0) is 4.79 Å². The van der Waals surface area contributed by atoms with Gasteiger partial charge in [-0.1, -0.05) is 17.8 Å². The first kappa shape index (κ1) is 11.5. The van der Waals surface area contributed by atoms with Crippen LogP contribution in [0.3, 0.4) is 0 Å². The third-order valence-electron chi connectivity index (χ3n) is 2.53. The van der Waals surface area contributed by atoms with Gasteiger partial charge in [-0.3, -0.25) is 4.79 Å². The van der Waals surface area contributed by atoms with Gasteiger partial charge in [-0.15, -0.1) is 0 Å². The first-order chi connectivity index (χ1) is 7.75. The summed E-state index contributed by atoms with van der Waals surface area (Å²) in [5, 5.41) is 3.83. The smallest absolute Gasteiger partial charge is 0.186 e. The van der Waals surface area contributed by atoms with Gasteiger partial charge >= 0.3 is 0 Å². The summed E-state index contributed by atoms with van der Waals surface area (Å²) in [6.45, 7) is 3.46. The fraction of sp³-hybridized carbons (Fsp3) is 0.417. The second-order valence-electron chi connectivity index (χ2n) is 3.84. The molecule has 1 saturated heterocycles. The number of hydrogen-bond donors (Lipinski definition) is 1. The van der Waals surface area contributed by atoms with Crippen LogP contribution in [0.25, 0.3) is 6.08 Å². The van der Waals surface area contributed by atoms with E-state index in [2.05, 4.69) is 11.4 Å². The second kappa shape index (κ2) is 5.37. The molecule has 2 heterocycles. The van der Waals surface area contributed by atoms with Crippen molar-refractivity contribution in [3.8, 4) is 0 Å². The molecule has 1 atom stereocenters. The molecule has 1 aliphatic heterocycles. The summed E-state index contributed by atoms with van der Waals surface area (Å²) in [7, 11) is 0. The van der Waals surface area contributed by atoms with E-state index in [1.165, 1.54) is 17.3 Å². The molecule has 0 aliphatic carbocycles. The largest absolute Gasteiger partial charge is 0.472 e. The highest BCUT2D eigenvalue weighted by molar-refractivity contribution is 8.14. The molecule has 0 radical (unpaired) electrons. The first-order valence-corrected chi connectivity index (χ1v) is 6.24. The molecular weight excluding hydrogens is 222 g/mol. The molecule has 1 fully saturated rings. The lowest BCUT2D eigenvalue weighted by Crippen LogP contribution is -2.32. The van der Waals surface area contributed by atoms with Crippen molar-refractivity contribution in [3.63, 3.8) is 0 Å². The molecule has 16 heavy (non-hydrogen) atoms. The van der Waals surface area contributed by atoms with Crippen LogP contribution in [0, 0.1) is 0 Å². The number of thioether (sulfide) groups is 1. The van der Waals surface area contributed by atoms with E-state index >= 15 is 0 Å². The van der Waals surface area contributed by atoms with E-state index in [0.29, 0.717) is 5.25 Å². The molecule has 0 bridgehead atoms. The SMILES string of the molecule is CC(=O)SC1CCNC/C1=C\c1ccoc1. The van der Waals surface area contributed by atoms with Gasteiger partial charge in [0, 0.05) is 24.3 Å². The van der Waals surface area contributed by atoms with Crippen molar-refractivity contribution in [2.75, 3.05) is 13.1 Å². The van der Waals surface area contributed by atoms with Gasteiger partial charge in [0.1, 0.15) is 0 Å². The zero-order valence-electron chi connectivity index (χ0n) is 9.23. The minimum absolute atomic E-state index is 0.185. The molecule has 2 rings (SSSR count). The highest BCUT2D eigenvalue weighted by Crippen LogP contribution is 2.26. The van der Waals surface area contributed by atoms with Crippen molar-refractivity contribution in [2.24, 2.45) is 0 Å². The van der Waals surface area contributed by atoms with Crippen molar-refractivity contribution in [3.05, 3.63) is 29.7 Å². The van der Waals surface area contributed by atoms with E-state index in [-0.39, 0.29) is 5.12 Å². The quantitative estimate of drug-likeness (QED) is 0.857. The van der Waals surface area contributed by atoms with E-state index < -0.39 is 0 Å². The topological polar surface area (TPSA) is 42.2 Å². The average molecular weight is 237 g/mol. The summed E-state index contributed by atoms with van der Waals surface area (Å²) >= 11 is 1.43. The van der Waals surface area contributed by atoms with Gasteiger partial charge in [0.15, 0.2) is 5.12 Å². The molecule has 1 unspecified atom stereocenters. The molecule has 4 heteroatoms. The standard InChI is InChI=1S/C12H15NO2S/c1-9(14)16-12-2-4-13-7-11(12)6-10-3-5-15-8-10/h3,5-6,8,12-13H,2,4,7H2,1H3/b11-6+. The number of hydrogen-bond acceptors (Lipinski definition) is 4. The number of carbonyl (C=O) groups is 1. The Morgan fingerprint density at radius 3 is 3.25 bits per heavy atom. The van der Waals surface area contributed by atoms with Crippen LogP contribution in [0.4, 0.5) is 0 Å². The normalized spacial score (nSPS) is 23.6. The summed E-state index contributed by atoms with van der Waals surface area (Å²) in [4.78, 5) is 11.2. The van der Waals surface area contributed by atoms with E-state index in [4.69, 9.17) is 4.42 Å². The molecule has 1 aromatic rings. The third kappa shape index (κ3) is 3.00. The van der Waals surface area contributed by atoms with Crippen molar-refractivity contribution < 1.29 is 9.21 Å². The van der Waals surface area contributed by atoms with E-state index in [1.54, 1.807) is 19.5 Å². The molecule has 1 N–H and O–H groups in total. The van der Waals surface area contributed by atoms with Crippen molar-refractivity contribution in [2.45, 2.75) is 18.6 Å². The lowest BCUT2D eigenvalue weighted by molar-refractivity contribution is -0.109. The van der Waals surface area contributed by atoms with Gasteiger partial charge in [0.2, 0.25) is 0 Å². The molecule has 1 aromatic heterocycles. The summed E-state index contributed by atoms with van der Waals surface area (Å²) in [6.07, 6.45) is 6.50. The summed E-state index contributed by atoms with van der Waals surface area (Å²) in [5.41, 5.74) is 2.33. The Kier molecular flexibility index (Phi) is 3.85. The maximum Gasteiger partial charge on any atom is 0.186 e. The van der Waals surface area contributed by atoms with Crippen molar-refractivity contribution in [1.82, 2.24) is 5.32 Å². The summed E-state index contributed by atoms with van der Waals surface area (Å²) in [6, 6.07) is 1.93. The highest BCUT2D eigenvalue weighted by atomic mass is 32.2. The van der Waals surface area contributed by atoms with Crippen LogP contribution in [0.1, 0.15) is 18.9 Å². The number of carbonyl (C=O) groups excluding carboxylic acids is 1. The monoisotopic (exact) mass is 237 g/mol. The fourth-order valence-corrected chi connectivity index (χ4v) is 2.75. The lowest BCUT2D eigenvalue weighted by atomic mass is 10.0. The highest BCUT2D eigenvalue weighted by Gasteiger charge is 2.20. The predicted molar refractivity (Wildman–Crippen MR) is 66.2 cm³/mol. The van der Waals surface area contributed by atoms with Crippen LogP contribution in [-0.4, -0.2) is 23.5 Å². The number of piperidine rings is 1. The maximum atomic E-state index is 11.2. The number of nitrogens with one attached hydrogen (secondary N) is 1. The first-order valence-electron chi connectivity index (χ1n) is 5.36. The van der Waals surface area contributed by atoms with Crippen LogP contribution in [0.5, 0.6) is 0 Å². The summed E-state index contributed by atoms with van der Waals surface area (Å²) in [5.74, 6) is 0. The lowest BCUT2D eigenvalue weighted by Gasteiger charge is -2.24. The van der Waals surface area contributed by atoms with Gasteiger partial charge in [0.05, 0.1) is 12.5 Å². The van der Waals surface area contributed by atoms with Crippen LogP contribution in [0.15, 0.2) is 28.6 Å². The minimum Gasteiger partial charge on any atom is -0.472 e. The molecule has 1 aliphatic rings. The fourth-order valence-electron chi connectivity index (χ4n) is 1.82. The van der Waals surface area contributed by atoms with Gasteiger partial charge in [0.25, 0.3) is 0 Å². The molecule has 0 aromatic carbocycles. The number of furan rings is 1. The Labute approximate surface area is 99.3 Å². The maximum absolute atomic E-state index is 11.2. The van der Waals surface area contributed by atoms with Gasteiger partial charge in [-0.25, -0.2) is 0 Å². The zero-order chi connectivity index (χ0) is 11.4. The second-order valence-corrected chi connectivity index (χ2v) is 5.22. The summed E-state index contributed by atoms with van der Waals surface area (Å²) < 4.78 is 5.03. The van der Waals surface area contributed by atoms with Crippen LogP contribution < -0.4 is 5.32 Å². The Balaban J connectivity index is 2.12. The van der Waals surface area contributed by atoms with Gasteiger partial charge in [-0.05, 0) is 24.6 Å². The van der Waals surface area contributed by atoms with Crippen LogP contribution >= 0.6 is 11.8 Å². The van der Waals surface area contributed by atoms with Gasteiger partial charge < -0.3 is 9.73 Å². The van der Waals surface area contributed by atoms with Crippen molar-refractivity contribution in [1.29, 1.82) is 0 Å². The Morgan fingerprint density at radius 2 is 2.56 bits per heavy atom. The Morgan fingerprint density at radius 1 is 1.69 bits per heavy atom. The molecule has 0 spiro atoms. The average Bonchev–Trinajstić information content (AvgIpc) is 2.73. The van der Waals surface area contributed by atoms with E-state index in [0.717, 1.165) is 25.1 Å². The molecule has 0 saturated carbocycles. The van der Waals surface area contributed by atoms with Crippen LogP contribution in [0.2, 0.25) is 0 Å². The Bertz CT molecular complexity index is 384.